The molecule has 1 N–H and O–H groups in total. The van der Waals surface area contributed by atoms with E-state index in [0.29, 0.717) is 31.9 Å². The van der Waals surface area contributed by atoms with Crippen molar-refractivity contribution in [2.45, 2.75) is 50.0 Å². The predicted octanol–water partition coefficient (Wildman–Crippen LogP) is 3.38. The molecule has 1 aliphatic rings. The van der Waals surface area contributed by atoms with E-state index in [1.54, 1.807) is 17.0 Å². The van der Waals surface area contributed by atoms with Crippen LogP contribution in [0.15, 0.2) is 59.5 Å². The van der Waals surface area contributed by atoms with Crippen molar-refractivity contribution in [3.05, 3.63) is 60.2 Å². The summed E-state index contributed by atoms with van der Waals surface area (Å²) in [5.41, 5.74) is 0.917. The lowest BCUT2D eigenvalue weighted by atomic mass is 10.1. The Kier molecular flexibility index (Phi) is 7.87. The van der Waals surface area contributed by atoms with Gasteiger partial charge < -0.3 is 9.64 Å². The average molecular weight is 431 g/mol. The summed E-state index contributed by atoms with van der Waals surface area (Å²) in [6.45, 7) is 3.73. The Labute approximate surface area is 179 Å². The second kappa shape index (κ2) is 10.6. The van der Waals surface area contributed by atoms with Crippen molar-refractivity contribution in [3.63, 3.8) is 0 Å². The Balaban J connectivity index is 1.82. The molecular weight excluding hydrogens is 400 g/mol. The predicted molar refractivity (Wildman–Crippen MR) is 117 cm³/mol. The number of carbonyl (C=O) groups is 1. The minimum atomic E-state index is -3.86. The van der Waals surface area contributed by atoms with Crippen LogP contribution < -0.4 is 9.46 Å². The zero-order valence-electron chi connectivity index (χ0n) is 17.4. The number of carbonyl (C=O) groups excluding carboxylic acids is 1. The molecular formula is C23H30N2O4S. The maximum Gasteiger partial charge on any atom is 0.241 e. The van der Waals surface area contributed by atoms with Crippen molar-refractivity contribution in [2.24, 2.45) is 0 Å². The fraction of sp³-hybridized carbons (Fsp3) is 0.435. The average Bonchev–Trinajstić information content (AvgIpc) is 3.04. The number of amides is 1. The number of nitrogens with zero attached hydrogens (tertiary/aromatic N) is 1. The first-order valence-electron chi connectivity index (χ1n) is 10.6. The second-order valence-corrected chi connectivity index (χ2v) is 9.22. The third kappa shape index (κ3) is 6.06. The molecule has 2 aromatic carbocycles. The first-order chi connectivity index (χ1) is 14.5. The molecule has 3 rings (SSSR count). The summed E-state index contributed by atoms with van der Waals surface area (Å²) in [5, 5.41) is 0. The fourth-order valence-corrected chi connectivity index (χ4v) is 4.87. The Hall–Kier alpha value is -2.38. The standard InChI is InChI=1S/C23H30N2O4S/c1-2-29-20-12-14-21(15-13-20)30(27,28)24-22(18-19-10-6-5-7-11-19)23(26)25-16-8-3-4-9-17-25/h5-7,10-15,22,24H,2-4,8-9,16-18H2,1H3. The van der Waals surface area contributed by atoms with E-state index in [9.17, 15) is 13.2 Å². The van der Waals surface area contributed by atoms with Crippen LogP contribution in [-0.4, -0.2) is 45.0 Å². The Morgan fingerprint density at radius 2 is 1.63 bits per heavy atom. The smallest absolute Gasteiger partial charge is 0.241 e. The van der Waals surface area contributed by atoms with Crippen LogP contribution in [0.2, 0.25) is 0 Å². The fourth-order valence-electron chi connectivity index (χ4n) is 3.68. The molecule has 0 spiro atoms. The molecule has 1 fully saturated rings. The van der Waals surface area contributed by atoms with E-state index in [-0.39, 0.29) is 10.8 Å². The van der Waals surface area contributed by atoms with Gasteiger partial charge in [-0.05, 0) is 56.0 Å². The number of rotatable bonds is 8. The maximum absolute atomic E-state index is 13.3. The van der Waals surface area contributed by atoms with Gasteiger partial charge in [-0.15, -0.1) is 0 Å². The van der Waals surface area contributed by atoms with E-state index in [1.807, 2.05) is 37.3 Å². The van der Waals surface area contributed by atoms with Crippen molar-refractivity contribution in [3.8, 4) is 5.75 Å². The quantitative estimate of drug-likeness (QED) is 0.697. The Morgan fingerprint density at radius 1 is 1.00 bits per heavy atom. The van der Waals surface area contributed by atoms with E-state index in [2.05, 4.69) is 4.72 Å². The molecule has 1 amide bonds. The summed E-state index contributed by atoms with van der Waals surface area (Å²) in [6.07, 6.45) is 4.42. The van der Waals surface area contributed by atoms with Crippen molar-refractivity contribution in [1.29, 1.82) is 0 Å². The van der Waals surface area contributed by atoms with Crippen molar-refractivity contribution < 1.29 is 17.9 Å². The molecule has 0 bridgehead atoms. The zero-order valence-corrected chi connectivity index (χ0v) is 18.2. The third-order valence-corrected chi connectivity index (χ3v) is 6.73. The third-order valence-electron chi connectivity index (χ3n) is 5.24. The number of hydrogen-bond acceptors (Lipinski definition) is 4. The SMILES string of the molecule is CCOc1ccc(S(=O)(=O)NC(Cc2ccccc2)C(=O)N2CCCCCC2)cc1. The molecule has 7 heteroatoms. The monoisotopic (exact) mass is 430 g/mol. The lowest BCUT2D eigenvalue weighted by molar-refractivity contribution is -0.132. The number of nitrogens with one attached hydrogen (secondary N) is 1. The number of benzene rings is 2. The van der Waals surface area contributed by atoms with E-state index in [4.69, 9.17) is 4.74 Å². The molecule has 0 radical (unpaired) electrons. The summed E-state index contributed by atoms with van der Waals surface area (Å²) in [5.74, 6) is 0.452. The van der Waals surface area contributed by atoms with Gasteiger partial charge in [0.1, 0.15) is 11.8 Å². The molecule has 1 atom stereocenters. The van der Waals surface area contributed by atoms with Gasteiger partial charge in [0.05, 0.1) is 11.5 Å². The molecule has 162 valence electrons. The highest BCUT2D eigenvalue weighted by molar-refractivity contribution is 7.89. The summed E-state index contributed by atoms with van der Waals surface area (Å²) >= 11 is 0. The highest BCUT2D eigenvalue weighted by atomic mass is 32.2. The first kappa shape index (κ1) is 22.3. The van der Waals surface area contributed by atoms with Crippen LogP contribution in [-0.2, 0) is 21.2 Å². The topological polar surface area (TPSA) is 75.7 Å². The van der Waals surface area contributed by atoms with Crippen LogP contribution in [0.5, 0.6) is 5.75 Å². The zero-order chi connectivity index (χ0) is 21.4. The van der Waals surface area contributed by atoms with Crippen molar-refractivity contribution in [1.82, 2.24) is 9.62 Å². The Bertz CT molecular complexity index is 906. The lowest BCUT2D eigenvalue weighted by Gasteiger charge is -2.27. The van der Waals surface area contributed by atoms with Crippen LogP contribution in [0.3, 0.4) is 0 Å². The van der Waals surface area contributed by atoms with E-state index in [1.165, 1.54) is 12.1 Å². The van der Waals surface area contributed by atoms with Gasteiger partial charge in [-0.2, -0.15) is 4.72 Å². The molecule has 1 heterocycles. The summed E-state index contributed by atoms with van der Waals surface area (Å²) in [4.78, 5) is 15.2. The molecule has 1 unspecified atom stereocenters. The molecule has 0 aliphatic carbocycles. The summed E-state index contributed by atoms with van der Waals surface area (Å²) in [6, 6.07) is 14.9. The van der Waals surface area contributed by atoms with E-state index in [0.717, 1.165) is 31.2 Å². The van der Waals surface area contributed by atoms with Gasteiger partial charge in [-0.3, -0.25) is 4.79 Å². The maximum atomic E-state index is 13.3. The molecule has 6 nitrogen and oxygen atoms in total. The first-order valence-corrected chi connectivity index (χ1v) is 12.1. The highest BCUT2D eigenvalue weighted by Gasteiger charge is 2.30. The van der Waals surface area contributed by atoms with Crippen LogP contribution in [0.1, 0.15) is 38.2 Å². The van der Waals surface area contributed by atoms with Gasteiger partial charge in [0.2, 0.25) is 15.9 Å². The number of ether oxygens (including phenoxy) is 1. The normalized spacial score (nSPS) is 16.0. The van der Waals surface area contributed by atoms with Crippen molar-refractivity contribution >= 4 is 15.9 Å². The van der Waals surface area contributed by atoms with Crippen LogP contribution in [0, 0.1) is 0 Å². The number of sulfonamides is 1. The van der Waals surface area contributed by atoms with Crippen LogP contribution >= 0.6 is 0 Å². The van der Waals surface area contributed by atoms with Gasteiger partial charge in [-0.1, -0.05) is 43.2 Å². The molecule has 1 saturated heterocycles. The van der Waals surface area contributed by atoms with Gasteiger partial charge in [0.25, 0.3) is 0 Å². The van der Waals surface area contributed by atoms with Crippen LogP contribution in [0.25, 0.3) is 0 Å². The van der Waals surface area contributed by atoms with Crippen LogP contribution in [0.4, 0.5) is 0 Å². The molecule has 0 saturated carbocycles. The number of hydrogen-bond donors (Lipinski definition) is 1. The Morgan fingerprint density at radius 3 is 2.23 bits per heavy atom. The van der Waals surface area contributed by atoms with Gasteiger partial charge in [0, 0.05) is 13.1 Å². The summed E-state index contributed by atoms with van der Waals surface area (Å²) < 4.78 is 34.1. The highest BCUT2D eigenvalue weighted by Crippen LogP contribution is 2.18. The molecule has 0 aromatic heterocycles. The molecule has 1 aliphatic heterocycles. The molecule has 30 heavy (non-hydrogen) atoms. The van der Waals surface area contributed by atoms with Crippen molar-refractivity contribution in [2.75, 3.05) is 19.7 Å². The van der Waals surface area contributed by atoms with Gasteiger partial charge in [0.15, 0.2) is 0 Å². The minimum absolute atomic E-state index is 0.118. The number of likely N-dealkylation sites (tertiary alicyclic amines) is 1. The minimum Gasteiger partial charge on any atom is -0.494 e. The second-order valence-electron chi connectivity index (χ2n) is 7.51. The van der Waals surface area contributed by atoms with E-state index >= 15 is 0 Å². The van der Waals surface area contributed by atoms with E-state index < -0.39 is 16.1 Å². The molecule has 2 aromatic rings. The summed E-state index contributed by atoms with van der Waals surface area (Å²) in [7, 11) is -3.86. The lowest BCUT2D eigenvalue weighted by Crippen LogP contribution is -2.49. The van der Waals surface area contributed by atoms with Gasteiger partial charge in [-0.25, -0.2) is 8.42 Å². The van der Waals surface area contributed by atoms with Gasteiger partial charge >= 0.3 is 0 Å². The largest absolute Gasteiger partial charge is 0.494 e.